The van der Waals surface area contributed by atoms with Crippen LogP contribution in [-0.2, 0) is 0 Å². The molecule has 30 rings (SSSR count). The average Bonchev–Trinajstić information content (AvgIpc) is 1.50. The van der Waals surface area contributed by atoms with Crippen LogP contribution in [0.25, 0.3) is 264 Å². The first kappa shape index (κ1) is 79.8. The zero-order valence-corrected chi connectivity index (χ0v) is 75.6. The number of fused-ring (bicyclic) bond motifs is 28. The van der Waals surface area contributed by atoms with Crippen LogP contribution in [0.4, 0.5) is 0 Å². The molecule has 9 aromatic heterocycles. The molecule has 141 heavy (non-hydrogen) atoms. The van der Waals surface area contributed by atoms with Crippen molar-refractivity contribution in [3.8, 4) is 85.7 Å². The Morgan fingerprint density at radius 3 is 0.830 bits per heavy atom. The summed E-state index contributed by atoms with van der Waals surface area (Å²) in [5, 5.41) is 51.0. The van der Waals surface area contributed by atoms with E-state index in [1.54, 1.807) is 0 Å². The maximum atomic E-state index is 10.2. The minimum Gasteiger partial charge on any atom is -0.456 e. The van der Waals surface area contributed by atoms with Gasteiger partial charge in [0.1, 0.15) is 33.5 Å². The van der Waals surface area contributed by atoms with Crippen molar-refractivity contribution in [2.45, 2.75) is 0 Å². The van der Waals surface area contributed by atoms with Crippen LogP contribution in [0, 0.1) is 34.0 Å². The van der Waals surface area contributed by atoms with E-state index in [0.29, 0.717) is 16.7 Å². The zero-order valence-electron chi connectivity index (χ0n) is 75.6. The predicted octanol–water partition coefficient (Wildman–Crippen LogP) is 34.0. The van der Waals surface area contributed by atoms with Crippen molar-refractivity contribution in [1.29, 1.82) is 15.8 Å². The smallest absolute Gasteiger partial charge is 0.137 e. The van der Waals surface area contributed by atoms with Gasteiger partial charge in [0, 0.05) is 138 Å². The fraction of sp³-hybridized carbons (Fsp3) is 0. The number of benzene rings is 21. The molecule has 0 bridgehead atoms. The van der Waals surface area contributed by atoms with Gasteiger partial charge in [0.15, 0.2) is 0 Å². The number of hydrogen-bond donors (Lipinski definition) is 0. The van der Waals surface area contributed by atoms with E-state index in [4.69, 9.17) is 13.3 Å². The first-order valence-corrected chi connectivity index (χ1v) is 47.2. The summed E-state index contributed by atoms with van der Waals surface area (Å²) in [4.78, 5) is 0. The lowest BCUT2D eigenvalue weighted by atomic mass is 9.99. The molecule has 21 aromatic carbocycles. The summed E-state index contributed by atoms with van der Waals surface area (Å²) >= 11 is 0. The fourth-order valence-electron chi connectivity index (χ4n) is 22.5. The molecule has 12 nitrogen and oxygen atoms in total. The summed E-state index contributed by atoms with van der Waals surface area (Å²) in [6, 6.07) is 166. The number of nitriles is 3. The summed E-state index contributed by atoms with van der Waals surface area (Å²) in [6.07, 6.45) is 0. The van der Waals surface area contributed by atoms with E-state index in [9.17, 15) is 15.8 Å². The molecule has 30 aromatic rings. The second-order valence-corrected chi connectivity index (χ2v) is 36.2. The van der Waals surface area contributed by atoms with Crippen molar-refractivity contribution in [3.63, 3.8) is 0 Å². The van der Waals surface area contributed by atoms with Crippen molar-refractivity contribution in [2.24, 2.45) is 0 Å². The molecule has 12 heteroatoms. The van der Waals surface area contributed by atoms with Gasteiger partial charge in [-0.25, -0.2) is 0 Å². The van der Waals surface area contributed by atoms with Gasteiger partial charge < -0.3 is 40.7 Å². The van der Waals surface area contributed by atoms with Crippen LogP contribution >= 0.6 is 0 Å². The Bertz CT molecular complexity index is 10500. The first-order valence-electron chi connectivity index (χ1n) is 47.2. The molecule has 0 radical (unpaired) electrons. The molecule has 0 N–H and O–H groups in total. The minimum absolute atomic E-state index is 0.635. The molecule has 0 aliphatic rings. The standard InChI is InChI=1S/3C43H25N3O/c44-26-27-10-9-11-28(20-27)29-21-30(45-38-16-5-1-12-32(38)33-13-2-6-17-39(33)45)23-31(22-29)46-40-18-7-3-14-34(40)36-24-37-35-15-4-8-19-42(35)47-43(37)25-41(36)46;44-26-27-11-1-2-12-31(27)28-21-29(45-38-17-7-3-13-32(38)33-14-4-8-18-39(33)45)23-30(22-28)46-40-19-9-5-15-34(40)36-24-37-35-16-6-10-20-42(35)47-43(37)25-41(36)46;44-26-27-11-1-2-12-31(27)28-23-29(45-37-17-7-3-13-32(37)33-14-4-8-18-38(33)45)25-30(24-28)46-39-19-9-5-15-34(39)35-21-22-41-42(43(35)46)36-16-6-10-20-40(36)47-41/h3*1-25H. The van der Waals surface area contributed by atoms with Crippen LogP contribution in [0.5, 0.6) is 0 Å². The fourth-order valence-corrected chi connectivity index (χ4v) is 22.5. The van der Waals surface area contributed by atoms with Gasteiger partial charge in [0.05, 0.1) is 106 Å². The van der Waals surface area contributed by atoms with Crippen LogP contribution in [-0.4, -0.2) is 27.4 Å². The van der Waals surface area contributed by atoms with E-state index in [1.165, 1.54) is 64.6 Å². The van der Waals surface area contributed by atoms with Gasteiger partial charge in [0.25, 0.3) is 0 Å². The van der Waals surface area contributed by atoms with Gasteiger partial charge in [-0.15, -0.1) is 0 Å². The van der Waals surface area contributed by atoms with E-state index in [2.05, 4.69) is 397 Å². The van der Waals surface area contributed by atoms with Crippen molar-refractivity contribution >= 4 is 197 Å². The van der Waals surface area contributed by atoms with E-state index >= 15 is 0 Å². The largest absolute Gasteiger partial charge is 0.456 e. The van der Waals surface area contributed by atoms with E-state index in [1.807, 2.05) is 103 Å². The van der Waals surface area contributed by atoms with Crippen molar-refractivity contribution in [3.05, 3.63) is 472 Å². The van der Waals surface area contributed by atoms with Gasteiger partial charge in [-0.3, -0.25) is 0 Å². The van der Waals surface area contributed by atoms with E-state index in [0.717, 1.165) is 200 Å². The zero-order chi connectivity index (χ0) is 93.2. The van der Waals surface area contributed by atoms with Crippen LogP contribution in [0.15, 0.2) is 468 Å². The molecular weight excluding hydrogens is 1720 g/mol. The number of hydrogen-bond acceptors (Lipinski definition) is 6. The molecule has 9 heterocycles. The Morgan fingerprint density at radius 1 is 0.163 bits per heavy atom. The second-order valence-electron chi connectivity index (χ2n) is 36.2. The van der Waals surface area contributed by atoms with E-state index < -0.39 is 0 Å². The molecule has 0 aliphatic heterocycles. The number of nitrogens with zero attached hydrogens (tertiary/aromatic N) is 9. The number of furan rings is 3. The Kier molecular flexibility index (Phi) is 18.0. The molecule has 0 saturated carbocycles. The lowest BCUT2D eigenvalue weighted by molar-refractivity contribution is 0.669. The maximum Gasteiger partial charge on any atom is 0.137 e. The van der Waals surface area contributed by atoms with Crippen LogP contribution in [0.1, 0.15) is 16.7 Å². The second kappa shape index (κ2) is 31.7. The average molecular weight is 1800 g/mol. The third-order valence-electron chi connectivity index (χ3n) is 28.6. The van der Waals surface area contributed by atoms with Crippen LogP contribution in [0.2, 0.25) is 0 Å². The highest BCUT2D eigenvalue weighted by molar-refractivity contribution is 6.26. The Balaban J connectivity index is 0.000000104. The molecule has 0 unspecified atom stereocenters. The van der Waals surface area contributed by atoms with Crippen LogP contribution in [0.3, 0.4) is 0 Å². The van der Waals surface area contributed by atoms with Gasteiger partial charge in [-0.1, -0.05) is 267 Å². The lowest BCUT2D eigenvalue weighted by Gasteiger charge is -2.16. The first-order chi connectivity index (χ1) is 69.8. The normalized spacial score (nSPS) is 11.8. The highest BCUT2D eigenvalue weighted by Gasteiger charge is 2.27. The molecule has 0 atom stereocenters. The molecule has 0 amide bonds. The van der Waals surface area contributed by atoms with Gasteiger partial charge >= 0.3 is 0 Å². The van der Waals surface area contributed by atoms with Gasteiger partial charge in [0.2, 0.25) is 0 Å². The predicted molar refractivity (Wildman–Crippen MR) is 578 cm³/mol. The van der Waals surface area contributed by atoms with Crippen molar-refractivity contribution in [1.82, 2.24) is 27.4 Å². The molecule has 0 saturated heterocycles. The third-order valence-corrected chi connectivity index (χ3v) is 28.6. The van der Waals surface area contributed by atoms with Crippen molar-refractivity contribution < 1.29 is 13.3 Å². The maximum absolute atomic E-state index is 10.2. The lowest BCUT2D eigenvalue weighted by Crippen LogP contribution is -2.00. The summed E-state index contributed by atoms with van der Waals surface area (Å²) in [5.41, 5.74) is 32.5. The molecule has 0 fully saturated rings. The molecule has 0 spiro atoms. The highest BCUT2D eigenvalue weighted by Crippen LogP contribution is 2.48. The number of rotatable bonds is 9. The molecule has 654 valence electrons. The summed E-state index contributed by atoms with van der Waals surface area (Å²) in [5.74, 6) is 0. The van der Waals surface area contributed by atoms with Crippen molar-refractivity contribution in [2.75, 3.05) is 0 Å². The molecule has 0 aliphatic carbocycles. The number of aromatic nitrogens is 6. The Morgan fingerprint density at radius 2 is 0.454 bits per heavy atom. The number of para-hydroxylation sites is 12. The SMILES string of the molecule is N#Cc1cccc(-c2cc(-n3c4ccccc4c4ccccc43)cc(-n3c4ccccc4c4cc5c(cc43)oc3ccccc35)c2)c1.N#Cc1ccccc1-c1cc(-n2c3ccccc3c3ccccc32)cc(-n2c3ccccc3c3cc4c(cc32)oc2ccccc24)c1.N#Cc1ccccc1-c1cc(-n2c3ccccc3c3ccccc32)cc(-n2c3ccccc3c3ccc4oc5ccccc5c4c32)c1. The van der Waals surface area contributed by atoms with Crippen LogP contribution < -0.4 is 0 Å². The van der Waals surface area contributed by atoms with Gasteiger partial charge in [-0.2, -0.15) is 15.8 Å². The monoisotopic (exact) mass is 1800 g/mol. The third kappa shape index (κ3) is 12.5. The summed E-state index contributed by atoms with van der Waals surface area (Å²) in [6.45, 7) is 0. The quantitative estimate of drug-likeness (QED) is 0.141. The highest BCUT2D eigenvalue weighted by atomic mass is 16.3. The summed E-state index contributed by atoms with van der Waals surface area (Å²) < 4.78 is 33.3. The van der Waals surface area contributed by atoms with Gasteiger partial charge in [-0.05, 0) is 209 Å². The molecular formula is C129H75N9O3. The van der Waals surface area contributed by atoms with E-state index in [-0.39, 0.29) is 0 Å². The minimum atomic E-state index is 0.635. The Labute approximate surface area is 805 Å². The summed E-state index contributed by atoms with van der Waals surface area (Å²) in [7, 11) is 0. The topological polar surface area (TPSA) is 140 Å². The Hall–Kier alpha value is -19.7.